The van der Waals surface area contributed by atoms with Crippen molar-refractivity contribution in [1.82, 2.24) is 4.98 Å². The molecule has 2 rings (SSSR count). The van der Waals surface area contributed by atoms with E-state index < -0.39 is 11.8 Å². The van der Waals surface area contributed by atoms with E-state index in [-0.39, 0.29) is 17.4 Å². The van der Waals surface area contributed by atoms with Crippen LogP contribution in [0.25, 0.3) is 0 Å². The van der Waals surface area contributed by atoms with E-state index >= 15 is 0 Å². The predicted molar refractivity (Wildman–Crippen MR) is 61.7 cm³/mol. The maximum Gasteiger partial charge on any atom is 0.338 e. The summed E-state index contributed by atoms with van der Waals surface area (Å²) in [6.07, 6.45) is 2.32. The molecule has 2 heterocycles. The van der Waals surface area contributed by atoms with Gasteiger partial charge in [-0.1, -0.05) is 6.92 Å². The lowest BCUT2D eigenvalue weighted by Crippen LogP contribution is -2.29. The second-order valence-corrected chi connectivity index (χ2v) is 4.64. The van der Waals surface area contributed by atoms with Gasteiger partial charge in [-0.05, 0) is 25.3 Å². The minimum absolute atomic E-state index is 0.154. The third-order valence-corrected chi connectivity index (χ3v) is 3.16. The van der Waals surface area contributed by atoms with Crippen LogP contribution in [0.5, 0.6) is 0 Å². The van der Waals surface area contributed by atoms with Crippen molar-refractivity contribution >= 4 is 11.8 Å². The van der Waals surface area contributed by atoms with Crippen LogP contribution < -0.4 is 4.90 Å². The molecule has 0 radical (unpaired) electrons. The molecular weight excluding hydrogens is 223 g/mol. The first-order chi connectivity index (χ1) is 8.00. The molecule has 0 bridgehead atoms. The second-order valence-electron chi connectivity index (χ2n) is 4.64. The normalized spacial score (nSPS) is 24.1. The topological polar surface area (TPSA) is 53.4 Å². The van der Waals surface area contributed by atoms with Crippen molar-refractivity contribution < 1.29 is 14.3 Å². The van der Waals surface area contributed by atoms with E-state index in [1.165, 1.54) is 12.3 Å². The SMILES string of the molecule is CC1CC(C)N(c2nccc(C(=O)O)c2F)C1. The van der Waals surface area contributed by atoms with Crippen LogP contribution in [0.4, 0.5) is 10.2 Å². The van der Waals surface area contributed by atoms with Crippen LogP contribution in [0.3, 0.4) is 0 Å². The zero-order valence-electron chi connectivity index (χ0n) is 9.85. The van der Waals surface area contributed by atoms with E-state index in [4.69, 9.17) is 5.11 Å². The van der Waals surface area contributed by atoms with Gasteiger partial charge in [0.1, 0.15) is 5.56 Å². The van der Waals surface area contributed by atoms with E-state index in [0.717, 1.165) is 6.42 Å². The zero-order chi connectivity index (χ0) is 12.6. The number of aromatic carboxylic acids is 1. The van der Waals surface area contributed by atoms with E-state index in [0.29, 0.717) is 12.5 Å². The zero-order valence-corrected chi connectivity index (χ0v) is 9.85. The standard InChI is InChI=1S/C12H15FN2O2/c1-7-5-8(2)15(6-7)11-10(13)9(12(16)17)3-4-14-11/h3-4,7-8H,5-6H2,1-2H3,(H,16,17). The smallest absolute Gasteiger partial charge is 0.338 e. The van der Waals surface area contributed by atoms with Gasteiger partial charge >= 0.3 is 5.97 Å². The summed E-state index contributed by atoms with van der Waals surface area (Å²) in [5, 5.41) is 8.86. The highest BCUT2D eigenvalue weighted by atomic mass is 19.1. The summed E-state index contributed by atoms with van der Waals surface area (Å²) in [4.78, 5) is 16.7. The van der Waals surface area contributed by atoms with Crippen molar-refractivity contribution in [3.8, 4) is 0 Å². The lowest BCUT2D eigenvalue weighted by atomic mass is 10.1. The molecule has 1 aromatic rings. The van der Waals surface area contributed by atoms with Crippen molar-refractivity contribution in [3.05, 3.63) is 23.6 Å². The second kappa shape index (κ2) is 4.31. The number of nitrogens with zero attached hydrogens (tertiary/aromatic N) is 2. The summed E-state index contributed by atoms with van der Waals surface area (Å²) in [7, 11) is 0. The van der Waals surface area contributed by atoms with E-state index in [1.807, 2.05) is 11.8 Å². The number of carboxylic acid groups (broad SMARTS) is 1. The number of pyridine rings is 1. The van der Waals surface area contributed by atoms with E-state index in [2.05, 4.69) is 11.9 Å². The summed E-state index contributed by atoms with van der Waals surface area (Å²) in [6, 6.07) is 1.38. The Balaban J connectivity index is 2.39. The van der Waals surface area contributed by atoms with Gasteiger partial charge in [0.25, 0.3) is 0 Å². The molecule has 1 aliphatic rings. The molecule has 1 aliphatic heterocycles. The summed E-state index contributed by atoms with van der Waals surface area (Å²) >= 11 is 0. The highest BCUT2D eigenvalue weighted by Crippen LogP contribution is 2.29. The van der Waals surface area contributed by atoms with Gasteiger partial charge in [0, 0.05) is 18.8 Å². The minimum Gasteiger partial charge on any atom is -0.478 e. The Morgan fingerprint density at radius 1 is 1.59 bits per heavy atom. The fraction of sp³-hybridized carbons (Fsp3) is 0.500. The van der Waals surface area contributed by atoms with Gasteiger partial charge in [-0.25, -0.2) is 14.2 Å². The number of rotatable bonds is 2. The molecule has 4 nitrogen and oxygen atoms in total. The molecule has 0 aliphatic carbocycles. The Labute approximate surface area is 99.1 Å². The Hall–Kier alpha value is -1.65. The number of halogens is 1. The fourth-order valence-corrected chi connectivity index (χ4v) is 2.39. The first-order valence-corrected chi connectivity index (χ1v) is 5.65. The fourth-order valence-electron chi connectivity index (χ4n) is 2.39. The Bertz CT molecular complexity index is 450. The quantitative estimate of drug-likeness (QED) is 0.857. The average molecular weight is 238 g/mol. The molecule has 0 amide bonds. The van der Waals surface area contributed by atoms with Gasteiger partial charge in [-0.3, -0.25) is 0 Å². The van der Waals surface area contributed by atoms with Gasteiger partial charge in [0.2, 0.25) is 0 Å². The number of anilines is 1. The van der Waals surface area contributed by atoms with Crippen LogP contribution in [0.2, 0.25) is 0 Å². The number of hydrogen-bond acceptors (Lipinski definition) is 3. The summed E-state index contributed by atoms with van der Waals surface area (Å²) in [5.41, 5.74) is -0.318. The molecule has 0 spiro atoms. The van der Waals surface area contributed by atoms with Gasteiger partial charge in [0.15, 0.2) is 11.6 Å². The third kappa shape index (κ3) is 2.09. The van der Waals surface area contributed by atoms with Crippen molar-refractivity contribution in [2.24, 2.45) is 5.92 Å². The Morgan fingerprint density at radius 3 is 2.82 bits per heavy atom. The molecule has 1 aromatic heterocycles. The number of carbonyl (C=O) groups is 1. The molecule has 2 unspecified atom stereocenters. The van der Waals surface area contributed by atoms with Crippen molar-refractivity contribution in [2.75, 3.05) is 11.4 Å². The van der Waals surface area contributed by atoms with Gasteiger partial charge in [0.05, 0.1) is 0 Å². The van der Waals surface area contributed by atoms with E-state index in [9.17, 15) is 9.18 Å². The van der Waals surface area contributed by atoms with Crippen LogP contribution in [0.15, 0.2) is 12.3 Å². The largest absolute Gasteiger partial charge is 0.478 e. The van der Waals surface area contributed by atoms with Crippen LogP contribution >= 0.6 is 0 Å². The predicted octanol–water partition coefficient (Wildman–Crippen LogP) is 2.15. The lowest BCUT2D eigenvalue weighted by molar-refractivity contribution is 0.0691. The van der Waals surface area contributed by atoms with Crippen molar-refractivity contribution in [3.63, 3.8) is 0 Å². The molecular formula is C12H15FN2O2. The first-order valence-electron chi connectivity index (χ1n) is 5.65. The summed E-state index contributed by atoms with van der Waals surface area (Å²) in [6.45, 7) is 4.81. The monoisotopic (exact) mass is 238 g/mol. The maximum atomic E-state index is 14.0. The van der Waals surface area contributed by atoms with Crippen molar-refractivity contribution in [2.45, 2.75) is 26.3 Å². The highest BCUT2D eigenvalue weighted by Gasteiger charge is 2.30. The van der Waals surface area contributed by atoms with Gasteiger partial charge < -0.3 is 10.0 Å². The van der Waals surface area contributed by atoms with Crippen LogP contribution in [-0.2, 0) is 0 Å². The third-order valence-electron chi connectivity index (χ3n) is 3.16. The van der Waals surface area contributed by atoms with Crippen LogP contribution in [0, 0.1) is 11.7 Å². The van der Waals surface area contributed by atoms with Crippen molar-refractivity contribution in [1.29, 1.82) is 0 Å². The Kier molecular flexibility index (Phi) is 3.00. The molecule has 1 saturated heterocycles. The van der Waals surface area contributed by atoms with E-state index in [1.54, 1.807) is 0 Å². The summed E-state index contributed by atoms with van der Waals surface area (Å²) < 4.78 is 14.0. The molecule has 1 fully saturated rings. The highest BCUT2D eigenvalue weighted by molar-refractivity contribution is 5.88. The molecule has 17 heavy (non-hydrogen) atoms. The number of hydrogen-bond donors (Lipinski definition) is 1. The lowest BCUT2D eigenvalue weighted by Gasteiger charge is -2.23. The molecule has 2 atom stereocenters. The molecule has 0 saturated carbocycles. The maximum absolute atomic E-state index is 14.0. The number of aromatic nitrogens is 1. The Morgan fingerprint density at radius 2 is 2.29 bits per heavy atom. The molecule has 1 N–H and O–H groups in total. The first kappa shape index (κ1) is 11.8. The van der Waals surface area contributed by atoms with Crippen LogP contribution in [-0.4, -0.2) is 28.6 Å². The number of carboxylic acids is 1. The minimum atomic E-state index is -1.26. The molecule has 0 aromatic carbocycles. The molecule has 92 valence electrons. The van der Waals surface area contributed by atoms with Gasteiger partial charge in [-0.2, -0.15) is 0 Å². The summed E-state index contributed by atoms with van der Waals surface area (Å²) in [5.74, 6) is -1.37. The van der Waals surface area contributed by atoms with Crippen LogP contribution in [0.1, 0.15) is 30.6 Å². The van der Waals surface area contributed by atoms with Gasteiger partial charge in [-0.15, -0.1) is 0 Å². The molecule has 5 heteroatoms. The average Bonchev–Trinajstić information content (AvgIpc) is 2.57.